The molecule has 7 heteroatoms. The van der Waals surface area contributed by atoms with Gasteiger partial charge in [0.2, 0.25) is 0 Å². The Kier molecular flexibility index (Phi) is 3.40. The number of benzene rings is 1. The van der Waals surface area contributed by atoms with Crippen LogP contribution >= 0.6 is 0 Å². The first-order chi connectivity index (χ1) is 7.89. The Morgan fingerprint density at radius 2 is 0.889 bits per heavy atom. The average molecular weight is 274 g/mol. The third-order valence-electron chi connectivity index (χ3n) is 2.30. The second kappa shape index (κ2) is 4.13. The van der Waals surface area contributed by atoms with Crippen LogP contribution < -0.4 is 0 Å². The number of hydrogen-bond donors (Lipinski definition) is 0. The molecule has 0 heterocycles. The maximum atomic E-state index is 13.4. The van der Waals surface area contributed by atoms with Gasteiger partial charge in [-0.3, -0.25) is 0 Å². The Labute approximate surface area is 98.4 Å². The molecule has 0 atom stereocenters. The smallest absolute Gasteiger partial charge is 0.203 e. The fraction of sp³-hybridized carbons (Fsp3) is 0.455. The quantitative estimate of drug-likeness (QED) is 0.480. The van der Waals surface area contributed by atoms with Crippen LogP contribution in [0.1, 0.15) is 31.9 Å². The molecule has 0 aliphatic heterocycles. The van der Waals surface area contributed by atoms with E-state index in [0.29, 0.717) is 0 Å². The molecule has 0 radical (unpaired) electrons. The van der Waals surface area contributed by atoms with Crippen molar-refractivity contribution in [2.75, 3.05) is 0 Å². The van der Waals surface area contributed by atoms with Crippen molar-refractivity contribution in [2.24, 2.45) is 0 Å². The van der Waals surface area contributed by atoms with E-state index in [1.807, 2.05) is 0 Å². The first kappa shape index (κ1) is 14.8. The second-order valence-corrected chi connectivity index (χ2v) is 4.75. The lowest BCUT2D eigenvalue weighted by Gasteiger charge is -2.22. The van der Waals surface area contributed by atoms with Gasteiger partial charge in [-0.1, -0.05) is 20.8 Å². The largest absolute Gasteiger partial charge is 0.422 e. The Bertz CT molecular complexity index is 406. The van der Waals surface area contributed by atoms with Crippen LogP contribution in [-0.4, -0.2) is 0 Å². The molecule has 1 rings (SSSR count). The van der Waals surface area contributed by atoms with E-state index >= 15 is 0 Å². The van der Waals surface area contributed by atoms with Gasteiger partial charge in [0.05, 0.1) is 0 Å². The molecule has 0 fully saturated rings. The van der Waals surface area contributed by atoms with Crippen LogP contribution in [0.4, 0.5) is 30.7 Å². The molecule has 0 saturated carbocycles. The molecule has 1 aromatic rings. The molecule has 1 aromatic carbocycles. The summed E-state index contributed by atoms with van der Waals surface area (Å²) in [6.07, 6.45) is -5.51. The monoisotopic (exact) mass is 274 g/mol. The fourth-order valence-corrected chi connectivity index (χ4v) is 1.54. The standard InChI is InChI=1S/C11H9F7/c1-10(2,3)4-6(12)8(14)5(11(16,17)18)9(15)7(4)13/h1-3H3. The molecular formula is C11H9F7. The van der Waals surface area contributed by atoms with Crippen molar-refractivity contribution in [2.45, 2.75) is 32.4 Å². The summed E-state index contributed by atoms with van der Waals surface area (Å²) in [4.78, 5) is 0. The SMILES string of the molecule is CC(C)(C)c1c(F)c(F)c(C(F)(F)F)c(F)c1F. The normalized spacial score (nSPS) is 13.0. The van der Waals surface area contributed by atoms with Gasteiger partial charge in [0.15, 0.2) is 23.3 Å². The van der Waals surface area contributed by atoms with Gasteiger partial charge in [0.1, 0.15) is 5.56 Å². The highest BCUT2D eigenvalue weighted by Crippen LogP contribution is 2.39. The number of rotatable bonds is 0. The molecule has 0 bridgehead atoms. The van der Waals surface area contributed by atoms with Crippen LogP contribution in [0.5, 0.6) is 0 Å². The van der Waals surface area contributed by atoms with Gasteiger partial charge in [-0.2, -0.15) is 13.2 Å². The Morgan fingerprint density at radius 3 is 1.11 bits per heavy atom. The van der Waals surface area contributed by atoms with Gasteiger partial charge in [-0.05, 0) is 5.41 Å². The van der Waals surface area contributed by atoms with Crippen molar-refractivity contribution in [3.8, 4) is 0 Å². The number of hydrogen-bond acceptors (Lipinski definition) is 0. The summed E-state index contributed by atoms with van der Waals surface area (Å²) in [5.74, 6) is -8.89. The van der Waals surface area contributed by atoms with Crippen molar-refractivity contribution in [1.29, 1.82) is 0 Å². The van der Waals surface area contributed by atoms with Crippen molar-refractivity contribution in [3.63, 3.8) is 0 Å². The molecule has 0 aliphatic rings. The van der Waals surface area contributed by atoms with Crippen LogP contribution in [0.15, 0.2) is 0 Å². The van der Waals surface area contributed by atoms with Crippen molar-refractivity contribution in [3.05, 3.63) is 34.4 Å². The van der Waals surface area contributed by atoms with Crippen molar-refractivity contribution in [1.82, 2.24) is 0 Å². The Morgan fingerprint density at radius 1 is 0.611 bits per heavy atom. The molecule has 0 nitrogen and oxygen atoms in total. The maximum Gasteiger partial charge on any atom is 0.422 e. The van der Waals surface area contributed by atoms with Crippen LogP contribution in [-0.2, 0) is 11.6 Å². The molecule has 0 saturated heterocycles. The zero-order chi connectivity index (χ0) is 14.5. The van der Waals surface area contributed by atoms with E-state index in [1.165, 1.54) is 20.8 Å². The molecule has 102 valence electrons. The molecule has 0 aliphatic carbocycles. The minimum atomic E-state index is -5.51. The van der Waals surface area contributed by atoms with Crippen LogP contribution in [0.2, 0.25) is 0 Å². The van der Waals surface area contributed by atoms with Gasteiger partial charge in [-0.25, -0.2) is 17.6 Å². The molecule has 18 heavy (non-hydrogen) atoms. The summed E-state index contributed by atoms with van der Waals surface area (Å²) >= 11 is 0. The van der Waals surface area contributed by atoms with Crippen LogP contribution in [0.3, 0.4) is 0 Å². The highest BCUT2D eigenvalue weighted by atomic mass is 19.4. The highest BCUT2D eigenvalue weighted by Gasteiger charge is 2.43. The molecule has 0 N–H and O–H groups in total. The van der Waals surface area contributed by atoms with E-state index in [4.69, 9.17) is 0 Å². The summed E-state index contributed by atoms with van der Waals surface area (Å²) in [5.41, 5.74) is -4.98. The Balaban J connectivity index is 3.79. The van der Waals surface area contributed by atoms with E-state index in [2.05, 4.69) is 0 Å². The third kappa shape index (κ3) is 2.30. The molecule has 0 aromatic heterocycles. The Hall–Kier alpha value is -1.27. The average Bonchev–Trinajstić information content (AvgIpc) is 2.10. The lowest BCUT2D eigenvalue weighted by atomic mass is 9.85. The van der Waals surface area contributed by atoms with E-state index in [1.54, 1.807) is 0 Å². The highest BCUT2D eigenvalue weighted by molar-refractivity contribution is 5.35. The van der Waals surface area contributed by atoms with Crippen LogP contribution in [0, 0.1) is 23.3 Å². The topological polar surface area (TPSA) is 0 Å². The molecule has 0 amide bonds. The first-order valence-corrected chi connectivity index (χ1v) is 4.82. The predicted octanol–water partition coefficient (Wildman–Crippen LogP) is 4.56. The zero-order valence-corrected chi connectivity index (χ0v) is 9.65. The minimum absolute atomic E-state index is 1.05. The summed E-state index contributed by atoms with van der Waals surface area (Å²) in [6, 6.07) is 0. The van der Waals surface area contributed by atoms with E-state index < -0.39 is 46.0 Å². The van der Waals surface area contributed by atoms with Gasteiger partial charge in [0.25, 0.3) is 0 Å². The van der Waals surface area contributed by atoms with Crippen molar-refractivity contribution < 1.29 is 30.7 Å². The predicted molar refractivity (Wildman–Crippen MR) is 50.0 cm³/mol. The lowest BCUT2D eigenvalue weighted by molar-refractivity contribution is -0.143. The van der Waals surface area contributed by atoms with Gasteiger partial charge < -0.3 is 0 Å². The zero-order valence-electron chi connectivity index (χ0n) is 9.65. The molecule has 0 spiro atoms. The van der Waals surface area contributed by atoms with E-state index in [-0.39, 0.29) is 0 Å². The molecule has 0 unspecified atom stereocenters. The van der Waals surface area contributed by atoms with Gasteiger partial charge in [-0.15, -0.1) is 0 Å². The third-order valence-corrected chi connectivity index (χ3v) is 2.30. The van der Waals surface area contributed by atoms with Gasteiger partial charge in [0, 0.05) is 5.56 Å². The number of alkyl halides is 3. The van der Waals surface area contributed by atoms with Gasteiger partial charge >= 0.3 is 6.18 Å². The van der Waals surface area contributed by atoms with Crippen LogP contribution in [0.25, 0.3) is 0 Å². The summed E-state index contributed by atoms with van der Waals surface area (Å²) in [6.45, 7) is 3.67. The van der Waals surface area contributed by atoms with Crippen molar-refractivity contribution >= 4 is 0 Å². The molecular weight excluding hydrogens is 265 g/mol. The van der Waals surface area contributed by atoms with E-state index in [9.17, 15) is 30.7 Å². The second-order valence-electron chi connectivity index (χ2n) is 4.75. The number of halogens is 7. The summed E-state index contributed by atoms with van der Waals surface area (Å²) in [7, 11) is 0. The minimum Gasteiger partial charge on any atom is -0.203 e. The van der Waals surface area contributed by atoms with E-state index in [0.717, 1.165) is 0 Å². The maximum absolute atomic E-state index is 13.4. The first-order valence-electron chi connectivity index (χ1n) is 4.82. The summed E-state index contributed by atoms with van der Waals surface area (Å²) < 4.78 is 90.2. The lowest BCUT2D eigenvalue weighted by Crippen LogP contribution is -2.23. The summed E-state index contributed by atoms with van der Waals surface area (Å²) in [5, 5.41) is 0. The fourth-order valence-electron chi connectivity index (χ4n) is 1.54.